The highest BCUT2D eigenvalue weighted by molar-refractivity contribution is 5.85. The third-order valence-electron chi connectivity index (χ3n) is 4.83. The Morgan fingerprint density at radius 2 is 1.81 bits per heavy atom. The monoisotopic (exact) mass is 348 g/mol. The number of carbonyl (C=O) groups excluding carboxylic acids is 1. The number of hydrogen-bond acceptors (Lipinski definition) is 2. The number of H-pyrrole nitrogens is 1. The Hall–Kier alpha value is -2.75. The van der Waals surface area contributed by atoms with Crippen LogP contribution in [0.15, 0.2) is 54.7 Å². The van der Waals surface area contributed by atoms with Gasteiger partial charge in [-0.3, -0.25) is 4.90 Å². The van der Waals surface area contributed by atoms with Crippen LogP contribution in [0.4, 0.5) is 4.79 Å². The number of nitrogens with zero attached hydrogens (tertiary/aromatic N) is 1. The highest BCUT2D eigenvalue weighted by Gasteiger charge is 2.35. The molecule has 2 heterocycles. The molecule has 0 fully saturated rings. The molecule has 2 aromatic carbocycles. The third-order valence-corrected chi connectivity index (χ3v) is 4.83. The van der Waals surface area contributed by atoms with Crippen molar-refractivity contribution in [2.75, 3.05) is 6.54 Å². The number of aromatic nitrogens is 1. The second-order valence-electron chi connectivity index (χ2n) is 7.81. The van der Waals surface area contributed by atoms with Gasteiger partial charge in [-0.15, -0.1) is 0 Å². The molecule has 1 aliphatic rings. The van der Waals surface area contributed by atoms with E-state index in [1.54, 1.807) is 0 Å². The number of rotatable bonds is 1. The van der Waals surface area contributed by atoms with Gasteiger partial charge >= 0.3 is 6.09 Å². The van der Waals surface area contributed by atoms with E-state index in [1.165, 1.54) is 11.1 Å². The van der Waals surface area contributed by atoms with Crippen molar-refractivity contribution in [1.82, 2.24) is 9.88 Å². The molecule has 1 atom stereocenters. The van der Waals surface area contributed by atoms with Gasteiger partial charge in [0.1, 0.15) is 5.60 Å². The minimum atomic E-state index is -0.515. The molecule has 3 aromatic rings. The molecule has 1 amide bonds. The van der Waals surface area contributed by atoms with Gasteiger partial charge < -0.3 is 9.72 Å². The number of para-hydroxylation sites is 1. The van der Waals surface area contributed by atoms with Crippen molar-refractivity contribution < 1.29 is 9.53 Å². The van der Waals surface area contributed by atoms with E-state index in [-0.39, 0.29) is 12.1 Å². The lowest BCUT2D eigenvalue weighted by atomic mass is 9.88. The average Bonchev–Trinajstić information content (AvgIpc) is 3.03. The van der Waals surface area contributed by atoms with Crippen LogP contribution >= 0.6 is 0 Å². The van der Waals surface area contributed by atoms with Gasteiger partial charge in [-0.1, -0.05) is 42.5 Å². The molecule has 4 nitrogen and oxygen atoms in total. The maximum Gasteiger partial charge on any atom is 0.411 e. The molecule has 0 spiro atoms. The van der Waals surface area contributed by atoms with Gasteiger partial charge in [-0.25, -0.2) is 4.79 Å². The van der Waals surface area contributed by atoms with E-state index in [0.717, 1.165) is 22.9 Å². The van der Waals surface area contributed by atoms with Crippen molar-refractivity contribution >= 4 is 17.0 Å². The van der Waals surface area contributed by atoms with E-state index < -0.39 is 5.60 Å². The molecule has 0 bridgehead atoms. The second kappa shape index (κ2) is 6.20. The summed E-state index contributed by atoms with van der Waals surface area (Å²) in [7, 11) is 0. The third kappa shape index (κ3) is 2.96. The number of ether oxygens (including phenoxy) is 1. The van der Waals surface area contributed by atoms with Crippen molar-refractivity contribution in [3.05, 3.63) is 71.4 Å². The smallest absolute Gasteiger partial charge is 0.411 e. The summed E-state index contributed by atoms with van der Waals surface area (Å²) in [5, 5.41) is 1.14. The summed E-state index contributed by atoms with van der Waals surface area (Å²) in [6.45, 7) is 6.37. The van der Waals surface area contributed by atoms with Gasteiger partial charge in [0.25, 0.3) is 0 Å². The fraction of sp³-hybridized carbons (Fsp3) is 0.318. The molecule has 1 aliphatic heterocycles. The number of aromatic amines is 1. The fourth-order valence-corrected chi connectivity index (χ4v) is 3.74. The molecule has 4 heteroatoms. The Labute approximate surface area is 153 Å². The minimum Gasteiger partial charge on any atom is -0.444 e. The van der Waals surface area contributed by atoms with Gasteiger partial charge in [0, 0.05) is 29.2 Å². The van der Waals surface area contributed by atoms with Crippen molar-refractivity contribution in [3.8, 4) is 0 Å². The molecular weight excluding hydrogens is 324 g/mol. The molecule has 0 aliphatic carbocycles. The summed E-state index contributed by atoms with van der Waals surface area (Å²) < 4.78 is 5.71. The number of carbonyl (C=O) groups is 1. The van der Waals surface area contributed by atoms with E-state index in [1.807, 2.05) is 50.1 Å². The lowest BCUT2D eigenvalue weighted by Crippen LogP contribution is -2.43. The average molecular weight is 348 g/mol. The van der Waals surface area contributed by atoms with Crippen LogP contribution in [0.25, 0.3) is 10.9 Å². The van der Waals surface area contributed by atoms with Crippen LogP contribution in [-0.4, -0.2) is 28.1 Å². The van der Waals surface area contributed by atoms with E-state index in [0.29, 0.717) is 6.54 Å². The van der Waals surface area contributed by atoms with E-state index in [4.69, 9.17) is 4.74 Å². The molecule has 0 saturated heterocycles. The first-order valence-corrected chi connectivity index (χ1v) is 9.07. The van der Waals surface area contributed by atoms with Gasteiger partial charge in [-0.05, 0) is 44.4 Å². The zero-order valence-corrected chi connectivity index (χ0v) is 15.5. The van der Waals surface area contributed by atoms with E-state index >= 15 is 0 Å². The molecule has 1 aromatic heterocycles. The van der Waals surface area contributed by atoms with E-state index in [2.05, 4.69) is 35.3 Å². The fourth-order valence-electron chi connectivity index (χ4n) is 3.74. The number of fused-ring (bicyclic) bond motifs is 2. The van der Waals surface area contributed by atoms with Crippen LogP contribution in [0.1, 0.15) is 43.5 Å². The normalized spacial score (nSPS) is 17.2. The quantitative estimate of drug-likeness (QED) is 0.669. The van der Waals surface area contributed by atoms with Crippen LogP contribution in [0.2, 0.25) is 0 Å². The first-order chi connectivity index (χ1) is 12.4. The topological polar surface area (TPSA) is 45.3 Å². The zero-order valence-electron chi connectivity index (χ0n) is 15.5. The summed E-state index contributed by atoms with van der Waals surface area (Å²) in [6, 6.07) is 16.5. The van der Waals surface area contributed by atoms with Gasteiger partial charge in [0.05, 0.1) is 6.04 Å². The first kappa shape index (κ1) is 16.7. The summed E-state index contributed by atoms with van der Waals surface area (Å²) in [5.74, 6) is 0. The highest BCUT2D eigenvalue weighted by atomic mass is 16.6. The summed E-state index contributed by atoms with van der Waals surface area (Å²) in [4.78, 5) is 18.2. The second-order valence-corrected chi connectivity index (χ2v) is 7.81. The highest BCUT2D eigenvalue weighted by Crippen LogP contribution is 2.39. The lowest BCUT2D eigenvalue weighted by Gasteiger charge is -2.38. The van der Waals surface area contributed by atoms with E-state index in [9.17, 15) is 4.79 Å². The van der Waals surface area contributed by atoms with Crippen molar-refractivity contribution in [1.29, 1.82) is 0 Å². The maximum absolute atomic E-state index is 13.0. The molecule has 1 unspecified atom stereocenters. The zero-order chi connectivity index (χ0) is 18.3. The lowest BCUT2D eigenvalue weighted by molar-refractivity contribution is 0.0179. The molecular formula is C22H24N2O2. The Bertz CT molecular complexity index is 952. The summed E-state index contributed by atoms with van der Waals surface area (Å²) in [5.41, 5.74) is 4.14. The molecule has 0 radical (unpaired) electrons. The number of nitrogens with one attached hydrogen (secondary N) is 1. The summed E-state index contributed by atoms with van der Waals surface area (Å²) in [6.07, 6.45) is 2.60. The maximum atomic E-state index is 13.0. The Kier molecular flexibility index (Phi) is 3.98. The van der Waals surface area contributed by atoms with Crippen LogP contribution in [-0.2, 0) is 11.2 Å². The largest absolute Gasteiger partial charge is 0.444 e. The molecule has 134 valence electrons. The standard InChI is InChI=1S/C22H24N2O2/c1-22(2,3)26-21(25)24-13-12-15-8-4-5-9-16(15)20(24)18-14-23-19-11-7-6-10-17(18)19/h4-11,14,20,23H,12-13H2,1-3H3. The first-order valence-electron chi connectivity index (χ1n) is 9.07. The molecule has 26 heavy (non-hydrogen) atoms. The molecule has 4 rings (SSSR count). The van der Waals surface area contributed by atoms with Crippen LogP contribution in [0.3, 0.4) is 0 Å². The van der Waals surface area contributed by atoms with Crippen molar-refractivity contribution in [2.24, 2.45) is 0 Å². The van der Waals surface area contributed by atoms with Crippen LogP contribution < -0.4 is 0 Å². The van der Waals surface area contributed by atoms with Gasteiger partial charge in [0.2, 0.25) is 0 Å². The number of amides is 1. The predicted octanol–water partition coefficient (Wildman–Crippen LogP) is 5.05. The molecule has 0 saturated carbocycles. The van der Waals surface area contributed by atoms with Gasteiger partial charge in [-0.2, -0.15) is 0 Å². The van der Waals surface area contributed by atoms with Crippen molar-refractivity contribution in [2.45, 2.75) is 38.8 Å². The predicted molar refractivity (Wildman–Crippen MR) is 103 cm³/mol. The summed E-state index contributed by atoms with van der Waals surface area (Å²) >= 11 is 0. The van der Waals surface area contributed by atoms with Crippen LogP contribution in [0.5, 0.6) is 0 Å². The van der Waals surface area contributed by atoms with Gasteiger partial charge in [0.15, 0.2) is 0 Å². The minimum absolute atomic E-state index is 0.147. The Morgan fingerprint density at radius 3 is 2.62 bits per heavy atom. The Balaban J connectivity index is 1.84. The molecule has 1 N–H and O–H groups in total. The number of hydrogen-bond donors (Lipinski definition) is 1. The number of benzene rings is 2. The van der Waals surface area contributed by atoms with Crippen LogP contribution in [0, 0.1) is 0 Å². The van der Waals surface area contributed by atoms with Crippen molar-refractivity contribution in [3.63, 3.8) is 0 Å². The Morgan fingerprint density at radius 1 is 1.08 bits per heavy atom. The SMILES string of the molecule is CC(C)(C)OC(=O)N1CCc2ccccc2C1c1c[nH]c2ccccc12.